The minimum atomic E-state index is -0.513. The summed E-state index contributed by atoms with van der Waals surface area (Å²) < 4.78 is 10.2. The van der Waals surface area contributed by atoms with Crippen LogP contribution in [0.15, 0.2) is 22.8 Å². The molecule has 0 fully saturated rings. The Labute approximate surface area is 130 Å². The first-order valence-electron chi connectivity index (χ1n) is 6.47. The molecule has 0 aromatic carbocycles. The standard InChI is InChI=1S/C15H11N3O3S/c1-8-11-9(2)17-13(10-4-3-6-20-10)18-14(11)22-12(8)15(19)21-7-5-16/h3-4,6H,7H2,1-2H3. The van der Waals surface area contributed by atoms with Gasteiger partial charge in [-0.2, -0.15) is 5.26 Å². The number of nitrogens with zero attached hydrogens (tertiary/aromatic N) is 3. The SMILES string of the molecule is Cc1nc(-c2ccco2)nc2sc(C(=O)OCC#N)c(C)c12. The van der Waals surface area contributed by atoms with E-state index in [-0.39, 0.29) is 6.61 Å². The van der Waals surface area contributed by atoms with Crippen molar-refractivity contribution in [3.05, 3.63) is 34.5 Å². The van der Waals surface area contributed by atoms with E-state index in [2.05, 4.69) is 9.97 Å². The summed E-state index contributed by atoms with van der Waals surface area (Å²) >= 11 is 1.23. The monoisotopic (exact) mass is 313 g/mol. The average Bonchev–Trinajstić information content (AvgIpc) is 3.13. The van der Waals surface area contributed by atoms with Crippen LogP contribution >= 0.6 is 11.3 Å². The van der Waals surface area contributed by atoms with E-state index in [1.165, 1.54) is 11.3 Å². The lowest BCUT2D eigenvalue weighted by atomic mass is 10.1. The number of rotatable bonds is 3. The Kier molecular flexibility index (Phi) is 3.61. The van der Waals surface area contributed by atoms with Crippen molar-refractivity contribution in [1.29, 1.82) is 5.26 Å². The number of ether oxygens (including phenoxy) is 1. The molecule has 0 unspecified atom stereocenters. The third-order valence-electron chi connectivity index (χ3n) is 3.17. The molecule has 0 aliphatic carbocycles. The summed E-state index contributed by atoms with van der Waals surface area (Å²) in [6.45, 7) is 3.42. The average molecular weight is 313 g/mol. The summed E-state index contributed by atoms with van der Waals surface area (Å²) in [5.41, 5.74) is 1.54. The van der Waals surface area contributed by atoms with Crippen molar-refractivity contribution in [3.63, 3.8) is 0 Å². The van der Waals surface area contributed by atoms with Crippen molar-refractivity contribution in [1.82, 2.24) is 9.97 Å². The van der Waals surface area contributed by atoms with Gasteiger partial charge in [-0.25, -0.2) is 14.8 Å². The smallest absolute Gasteiger partial charge is 0.349 e. The van der Waals surface area contributed by atoms with E-state index < -0.39 is 5.97 Å². The van der Waals surface area contributed by atoms with E-state index in [0.29, 0.717) is 21.3 Å². The molecule has 3 aromatic heterocycles. The van der Waals surface area contributed by atoms with Gasteiger partial charge >= 0.3 is 5.97 Å². The molecule has 0 spiro atoms. The maximum atomic E-state index is 12.0. The minimum Gasteiger partial charge on any atom is -0.461 e. The molecule has 0 amide bonds. The number of fused-ring (bicyclic) bond motifs is 1. The topological polar surface area (TPSA) is 89.0 Å². The van der Waals surface area contributed by atoms with Crippen LogP contribution in [0.5, 0.6) is 0 Å². The van der Waals surface area contributed by atoms with Gasteiger partial charge in [-0.05, 0) is 31.5 Å². The van der Waals surface area contributed by atoms with Gasteiger partial charge in [-0.1, -0.05) is 0 Å². The van der Waals surface area contributed by atoms with Gasteiger partial charge in [0.05, 0.1) is 12.0 Å². The predicted octanol–water partition coefficient (Wildman–Crippen LogP) is 3.25. The van der Waals surface area contributed by atoms with Crippen LogP contribution < -0.4 is 0 Å². The third kappa shape index (κ3) is 2.34. The molecule has 0 aliphatic heterocycles. The lowest BCUT2D eigenvalue weighted by Gasteiger charge is -2.01. The molecule has 0 atom stereocenters. The van der Waals surface area contributed by atoms with Gasteiger partial charge in [-0.15, -0.1) is 11.3 Å². The number of esters is 1. The molecule has 0 saturated heterocycles. The van der Waals surface area contributed by atoms with Crippen LogP contribution in [0, 0.1) is 25.2 Å². The predicted molar refractivity (Wildman–Crippen MR) is 80.5 cm³/mol. The van der Waals surface area contributed by atoms with Gasteiger partial charge in [0.2, 0.25) is 0 Å². The summed E-state index contributed by atoms with van der Waals surface area (Å²) in [5.74, 6) is 0.541. The second kappa shape index (κ2) is 5.58. The molecular formula is C15H11N3O3S. The molecular weight excluding hydrogens is 302 g/mol. The molecule has 3 rings (SSSR count). The molecule has 6 nitrogen and oxygen atoms in total. The Morgan fingerprint density at radius 1 is 1.45 bits per heavy atom. The highest BCUT2D eigenvalue weighted by molar-refractivity contribution is 7.20. The maximum absolute atomic E-state index is 12.0. The van der Waals surface area contributed by atoms with Gasteiger partial charge in [0.1, 0.15) is 15.8 Å². The quantitative estimate of drug-likeness (QED) is 0.690. The number of thiophene rings is 1. The first-order valence-corrected chi connectivity index (χ1v) is 7.29. The number of aryl methyl sites for hydroxylation is 2. The van der Waals surface area contributed by atoms with E-state index in [1.54, 1.807) is 24.5 Å². The van der Waals surface area contributed by atoms with Gasteiger partial charge in [-0.3, -0.25) is 0 Å². The molecule has 7 heteroatoms. The van der Waals surface area contributed by atoms with E-state index in [9.17, 15) is 4.79 Å². The molecule has 3 heterocycles. The number of aromatic nitrogens is 2. The number of nitriles is 1. The van der Waals surface area contributed by atoms with Gasteiger partial charge in [0, 0.05) is 5.39 Å². The molecule has 0 bridgehead atoms. The first-order chi connectivity index (χ1) is 10.6. The lowest BCUT2D eigenvalue weighted by molar-refractivity contribution is 0.0560. The fraction of sp³-hybridized carbons (Fsp3) is 0.200. The van der Waals surface area contributed by atoms with Crippen LogP contribution in [0.25, 0.3) is 21.8 Å². The highest BCUT2D eigenvalue weighted by atomic mass is 32.1. The second-order valence-corrected chi connectivity index (χ2v) is 5.58. The summed E-state index contributed by atoms with van der Waals surface area (Å²) in [7, 11) is 0. The minimum absolute atomic E-state index is 0.269. The van der Waals surface area contributed by atoms with Crippen molar-refractivity contribution in [2.24, 2.45) is 0 Å². The van der Waals surface area contributed by atoms with Crippen LogP contribution in [-0.4, -0.2) is 22.5 Å². The first kappa shape index (κ1) is 14.2. The zero-order valence-corrected chi connectivity index (χ0v) is 12.7. The van der Waals surface area contributed by atoms with E-state index in [0.717, 1.165) is 16.6 Å². The summed E-state index contributed by atoms with van der Waals surface area (Å²) in [6.07, 6.45) is 1.56. The summed E-state index contributed by atoms with van der Waals surface area (Å²) in [6, 6.07) is 5.33. The van der Waals surface area contributed by atoms with Crippen LogP contribution in [0.1, 0.15) is 20.9 Å². The van der Waals surface area contributed by atoms with Crippen LogP contribution in [-0.2, 0) is 4.74 Å². The molecule has 22 heavy (non-hydrogen) atoms. The van der Waals surface area contributed by atoms with Gasteiger partial charge < -0.3 is 9.15 Å². The Bertz CT molecular complexity index is 891. The Hall–Kier alpha value is -2.72. The molecule has 0 N–H and O–H groups in total. The number of hydrogen-bond acceptors (Lipinski definition) is 7. The fourth-order valence-electron chi connectivity index (χ4n) is 2.21. The van der Waals surface area contributed by atoms with Crippen molar-refractivity contribution >= 4 is 27.5 Å². The highest BCUT2D eigenvalue weighted by Gasteiger charge is 2.20. The van der Waals surface area contributed by atoms with E-state index in [1.807, 2.05) is 13.8 Å². The lowest BCUT2D eigenvalue weighted by Crippen LogP contribution is -2.04. The maximum Gasteiger partial charge on any atom is 0.349 e. The Balaban J connectivity index is 2.12. The Morgan fingerprint density at radius 2 is 2.27 bits per heavy atom. The normalized spacial score (nSPS) is 10.6. The third-order valence-corrected chi connectivity index (χ3v) is 4.33. The van der Waals surface area contributed by atoms with Crippen molar-refractivity contribution < 1.29 is 13.9 Å². The Morgan fingerprint density at radius 3 is 2.95 bits per heavy atom. The number of carbonyl (C=O) groups is 1. The molecule has 3 aromatic rings. The van der Waals surface area contributed by atoms with Crippen molar-refractivity contribution in [2.45, 2.75) is 13.8 Å². The molecule has 0 saturated carbocycles. The van der Waals surface area contributed by atoms with Crippen LogP contribution in [0.2, 0.25) is 0 Å². The largest absolute Gasteiger partial charge is 0.461 e. The number of furan rings is 1. The number of carbonyl (C=O) groups excluding carboxylic acids is 1. The van der Waals surface area contributed by atoms with Crippen molar-refractivity contribution in [2.75, 3.05) is 6.61 Å². The van der Waals surface area contributed by atoms with Crippen LogP contribution in [0.3, 0.4) is 0 Å². The summed E-state index contributed by atoms with van der Waals surface area (Å²) in [5, 5.41) is 9.34. The zero-order chi connectivity index (χ0) is 15.7. The molecule has 110 valence electrons. The summed E-state index contributed by atoms with van der Waals surface area (Å²) in [4.78, 5) is 22.0. The van der Waals surface area contributed by atoms with Gasteiger partial charge in [0.25, 0.3) is 0 Å². The van der Waals surface area contributed by atoms with E-state index in [4.69, 9.17) is 14.4 Å². The highest BCUT2D eigenvalue weighted by Crippen LogP contribution is 2.33. The fourth-order valence-corrected chi connectivity index (χ4v) is 3.34. The van der Waals surface area contributed by atoms with E-state index >= 15 is 0 Å². The molecule has 0 radical (unpaired) electrons. The zero-order valence-electron chi connectivity index (χ0n) is 11.9. The van der Waals surface area contributed by atoms with Crippen molar-refractivity contribution in [3.8, 4) is 17.7 Å². The van der Waals surface area contributed by atoms with Gasteiger partial charge in [0.15, 0.2) is 18.2 Å². The van der Waals surface area contributed by atoms with Crippen LogP contribution in [0.4, 0.5) is 0 Å². The molecule has 0 aliphatic rings. The number of hydrogen-bond donors (Lipinski definition) is 0. The second-order valence-electron chi connectivity index (χ2n) is 4.58.